The summed E-state index contributed by atoms with van der Waals surface area (Å²) in [6.45, 7) is 11.1. The fourth-order valence-electron chi connectivity index (χ4n) is 2.90. The van der Waals surface area contributed by atoms with Crippen molar-refractivity contribution in [1.29, 1.82) is 0 Å². The van der Waals surface area contributed by atoms with E-state index in [0.29, 0.717) is 10.5 Å². The molecule has 2 unspecified atom stereocenters. The number of carboxylic acid groups (broad SMARTS) is 1. The maximum Gasteiger partial charge on any atom is 0.321 e. The molecule has 0 saturated heterocycles. The Morgan fingerprint density at radius 2 is 1.40 bits per heavy atom. The van der Waals surface area contributed by atoms with E-state index in [0.717, 1.165) is 11.1 Å². The molecule has 0 spiro atoms. The molecule has 0 aromatic heterocycles. The van der Waals surface area contributed by atoms with Crippen LogP contribution in [0.25, 0.3) is 11.1 Å². The van der Waals surface area contributed by atoms with Gasteiger partial charge in [0.25, 0.3) is 0 Å². The summed E-state index contributed by atoms with van der Waals surface area (Å²) in [7, 11) is -1.55. The van der Waals surface area contributed by atoms with Gasteiger partial charge in [-0.2, -0.15) is 0 Å². The maximum absolute atomic E-state index is 12.3. The Labute approximate surface area is 210 Å². The monoisotopic (exact) mass is 497 g/mol. The Bertz CT molecular complexity index is 1110. The number of aromatic hydroxyl groups is 1. The zero-order valence-corrected chi connectivity index (χ0v) is 21.9. The van der Waals surface area contributed by atoms with Crippen LogP contribution in [0.4, 0.5) is 0 Å². The number of Topliss-reactive ketones (excluding diaryl/α,β-unsaturated/α-hetero) is 1. The smallest absolute Gasteiger partial charge is 0.321 e. The molecule has 0 radical (unpaired) electrons. The molecule has 3 N–H and O–H groups in total. The zero-order valence-electron chi connectivity index (χ0n) is 21.1. The second kappa shape index (κ2) is 14.9. The van der Waals surface area contributed by atoms with Crippen LogP contribution in [0.3, 0.4) is 0 Å². The minimum atomic E-state index is -1.55. The molecule has 7 heteroatoms. The first-order chi connectivity index (χ1) is 16.6. The lowest BCUT2D eigenvalue weighted by Gasteiger charge is -2.17. The van der Waals surface area contributed by atoms with Crippen molar-refractivity contribution in [2.45, 2.75) is 52.5 Å². The number of rotatable bonds is 7. The van der Waals surface area contributed by atoms with Crippen LogP contribution in [0, 0.1) is 12.8 Å². The lowest BCUT2D eigenvalue weighted by molar-refractivity contribution is -0.140. The maximum atomic E-state index is 12.3. The molecule has 0 aliphatic carbocycles. The van der Waals surface area contributed by atoms with Crippen LogP contribution >= 0.6 is 0 Å². The van der Waals surface area contributed by atoms with Crippen LogP contribution in [0.15, 0.2) is 77.7 Å². The molecule has 6 nitrogen and oxygen atoms in total. The Morgan fingerprint density at radius 1 is 0.886 bits per heavy atom. The van der Waals surface area contributed by atoms with Crippen molar-refractivity contribution >= 4 is 22.7 Å². The fraction of sp³-hybridized carbons (Fsp3) is 0.286. The first-order valence-corrected chi connectivity index (χ1v) is 12.6. The number of carbonyl (C=O) groups is 2. The van der Waals surface area contributed by atoms with Gasteiger partial charge in [0.2, 0.25) is 0 Å². The van der Waals surface area contributed by atoms with Crippen LogP contribution in [-0.4, -0.2) is 32.2 Å². The van der Waals surface area contributed by atoms with Gasteiger partial charge in [0, 0.05) is 5.56 Å². The molecule has 3 aromatic carbocycles. The molecule has 0 bridgehead atoms. The minimum Gasteiger partial charge on any atom is -0.508 e. The zero-order chi connectivity index (χ0) is 26.5. The number of carboxylic acids is 1. The van der Waals surface area contributed by atoms with Gasteiger partial charge in [-0.25, -0.2) is 8.93 Å². The minimum absolute atomic E-state index is 0.0316. The van der Waals surface area contributed by atoms with E-state index < -0.39 is 23.0 Å². The van der Waals surface area contributed by atoms with Crippen LogP contribution in [0.2, 0.25) is 0 Å². The summed E-state index contributed by atoms with van der Waals surface area (Å²) in [4.78, 5) is 22.4. The summed E-state index contributed by atoms with van der Waals surface area (Å²) in [6.07, 6.45) is 0. The number of phenols is 1. The largest absolute Gasteiger partial charge is 0.508 e. The SMILES string of the molecule is CC.CC(=O)c1cccc(O)c1.Cc1ccc(-c2ccc(S(=O)NC(C(=O)O)C(C)C)cc2)cc1. The van der Waals surface area contributed by atoms with E-state index in [-0.39, 0.29) is 17.5 Å². The molecule has 3 aromatic rings. The van der Waals surface area contributed by atoms with Crippen molar-refractivity contribution < 1.29 is 24.0 Å². The van der Waals surface area contributed by atoms with Crippen molar-refractivity contribution in [3.8, 4) is 16.9 Å². The Morgan fingerprint density at radius 3 is 1.80 bits per heavy atom. The second-order valence-corrected chi connectivity index (χ2v) is 9.19. The second-order valence-electron chi connectivity index (χ2n) is 7.94. The van der Waals surface area contributed by atoms with E-state index in [1.165, 1.54) is 24.6 Å². The number of nitrogens with one attached hydrogen (secondary N) is 1. The van der Waals surface area contributed by atoms with Crippen LogP contribution in [0.1, 0.15) is 50.5 Å². The van der Waals surface area contributed by atoms with E-state index >= 15 is 0 Å². The van der Waals surface area contributed by atoms with Gasteiger partial charge in [-0.05, 0) is 55.2 Å². The summed E-state index contributed by atoms with van der Waals surface area (Å²) in [5.74, 6) is -1.04. The van der Waals surface area contributed by atoms with Gasteiger partial charge in [0.15, 0.2) is 5.78 Å². The topological polar surface area (TPSA) is 104 Å². The molecule has 0 fully saturated rings. The third-order valence-corrected chi connectivity index (χ3v) is 6.04. The summed E-state index contributed by atoms with van der Waals surface area (Å²) in [6, 6.07) is 20.9. The van der Waals surface area contributed by atoms with E-state index in [9.17, 15) is 13.8 Å². The third kappa shape index (κ3) is 9.84. The number of ketones is 1. The number of aliphatic carboxylic acids is 1. The summed E-state index contributed by atoms with van der Waals surface area (Å²) >= 11 is 0. The summed E-state index contributed by atoms with van der Waals surface area (Å²) < 4.78 is 15.0. The van der Waals surface area contributed by atoms with Gasteiger partial charge < -0.3 is 10.2 Å². The van der Waals surface area contributed by atoms with Crippen LogP contribution in [-0.2, 0) is 15.8 Å². The highest BCUT2D eigenvalue weighted by molar-refractivity contribution is 7.83. The van der Waals surface area contributed by atoms with Crippen molar-refractivity contribution in [3.63, 3.8) is 0 Å². The number of aryl methyl sites for hydroxylation is 1. The van der Waals surface area contributed by atoms with E-state index in [1.807, 2.05) is 57.2 Å². The first-order valence-electron chi connectivity index (χ1n) is 11.5. The molecule has 3 rings (SSSR count). The first kappa shape index (κ1) is 29.7. The van der Waals surface area contributed by atoms with E-state index in [2.05, 4.69) is 4.72 Å². The number of hydrogen-bond acceptors (Lipinski definition) is 4. The molecular formula is C28H35NO5S. The molecular weight excluding hydrogens is 462 g/mol. The number of phenolic OH excluding ortho intramolecular Hbond substituents is 1. The van der Waals surface area contributed by atoms with E-state index in [4.69, 9.17) is 10.2 Å². The molecule has 2 atom stereocenters. The lowest BCUT2D eigenvalue weighted by Crippen LogP contribution is -2.41. The van der Waals surface area contributed by atoms with Crippen molar-refractivity contribution in [1.82, 2.24) is 4.72 Å². The average Bonchev–Trinajstić information content (AvgIpc) is 2.84. The predicted molar refractivity (Wildman–Crippen MR) is 142 cm³/mol. The Hall–Kier alpha value is -3.29. The van der Waals surface area contributed by atoms with Gasteiger partial charge in [-0.1, -0.05) is 81.8 Å². The highest BCUT2D eigenvalue weighted by Gasteiger charge is 2.23. The Balaban J connectivity index is 0.000000425. The fourth-order valence-corrected chi connectivity index (χ4v) is 4.02. The summed E-state index contributed by atoms with van der Waals surface area (Å²) in [5, 5.41) is 18.1. The normalized spacial score (nSPS) is 11.9. The molecule has 188 valence electrons. The van der Waals surface area contributed by atoms with Gasteiger partial charge in [0.05, 0.1) is 4.90 Å². The van der Waals surface area contributed by atoms with Crippen molar-refractivity contribution in [3.05, 3.63) is 83.9 Å². The number of benzene rings is 3. The van der Waals surface area contributed by atoms with Gasteiger partial charge >= 0.3 is 5.97 Å². The quantitative estimate of drug-likeness (QED) is 0.347. The van der Waals surface area contributed by atoms with Gasteiger partial charge in [0.1, 0.15) is 22.8 Å². The Kier molecular flexibility index (Phi) is 12.6. The van der Waals surface area contributed by atoms with Crippen molar-refractivity contribution in [2.24, 2.45) is 5.92 Å². The summed E-state index contributed by atoms with van der Waals surface area (Å²) in [5.41, 5.74) is 3.86. The average molecular weight is 498 g/mol. The highest BCUT2D eigenvalue weighted by Crippen LogP contribution is 2.21. The number of carbonyl (C=O) groups excluding carboxylic acids is 1. The van der Waals surface area contributed by atoms with Crippen LogP contribution in [0.5, 0.6) is 5.75 Å². The van der Waals surface area contributed by atoms with Gasteiger partial charge in [-0.3, -0.25) is 9.59 Å². The van der Waals surface area contributed by atoms with Gasteiger partial charge in [-0.15, -0.1) is 0 Å². The molecule has 0 aliphatic rings. The highest BCUT2D eigenvalue weighted by atomic mass is 32.2. The predicted octanol–water partition coefficient (Wildman–Crippen LogP) is 6.00. The van der Waals surface area contributed by atoms with Crippen LogP contribution < -0.4 is 4.72 Å². The lowest BCUT2D eigenvalue weighted by atomic mass is 10.0. The molecule has 0 saturated carbocycles. The standard InChI is InChI=1S/C18H21NO3S.C8H8O2.C2H6/c1-12(2)17(18(20)21)19-23(22)16-10-8-15(9-11-16)14-6-4-13(3)5-7-14;1-6(9)7-3-2-4-8(10)5-7;1-2/h4-12,17,19H,1-3H3,(H,20,21);2-5,10H,1H3;1-2H3. The third-order valence-electron chi connectivity index (χ3n) is 4.87. The molecule has 35 heavy (non-hydrogen) atoms. The molecule has 0 heterocycles. The van der Waals surface area contributed by atoms with Crippen molar-refractivity contribution in [2.75, 3.05) is 0 Å². The van der Waals surface area contributed by atoms with E-state index in [1.54, 1.807) is 38.1 Å². The molecule has 0 amide bonds. The molecule has 0 aliphatic heterocycles. The number of hydrogen-bond donors (Lipinski definition) is 3.